The van der Waals surface area contributed by atoms with Crippen molar-refractivity contribution in [1.82, 2.24) is 5.01 Å². The van der Waals surface area contributed by atoms with Crippen molar-refractivity contribution in [3.05, 3.63) is 53.8 Å². The van der Waals surface area contributed by atoms with Gasteiger partial charge in [0.15, 0.2) is 12.1 Å². The molecule has 9 nitrogen and oxygen atoms in total. The summed E-state index contributed by atoms with van der Waals surface area (Å²) in [6.07, 6.45) is 0. The number of carbonyl (C=O) groups excluding carboxylic acids is 3. The summed E-state index contributed by atoms with van der Waals surface area (Å²) in [5.74, 6) is -1.57. The molecular weight excluding hydrogens is 393 g/mol. The van der Waals surface area contributed by atoms with Gasteiger partial charge in [0.2, 0.25) is 5.91 Å². The van der Waals surface area contributed by atoms with Gasteiger partial charge in [-0.3, -0.25) is 19.4 Å². The number of amides is 3. The van der Waals surface area contributed by atoms with E-state index in [2.05, 4.69) is 15.7 Å². The molecule has 2 aliphatic heterocycles. The average molecular weight is 411 g/mol. The molecule has 0 bridgehead atoms. The first-order valence-electron chi connectivity index (χ1n) is 9.14. The molecule has 30 heavy (non-hydrogen) atoms. The van der Waals surface area contributed by atoms with E-state index in [9.17, 15) is 18.8 Å². The van der Waals surface area contributed by atoms with E-state index in [4.69, 9.17) is 4.74 Å². The van der Waals surface area contributed by atoms with Gasteiger partial charge in [-0.1, -0.05) is 11.3 Å². The number of nitrogens with zero attached hydrogens (tertiary/aromatic N) is 4. The highest BCUT2D eigenvalue weighted by molar-refractivity contribution is 6.25. The van der Waals surface area contributed by atoms with Gasteiger partial charge in [0.05, 0.1) is 18.5 Å². The summed E-state index contributed by atoms with van der Waals surface area (Å²) in [7, 11) is 1.49. The minimum absolute atomic E-state index is 0.241. The molecule has 1 N–H and O–H groups in total. The van der Waals surface area contributed by atoms with Crippen molar-refractivity contribution < 1.29 is 23.5 Å². The minimum Gasteiger partial charge on any atom is -0.495 e. The smallest absolute Gasteiger partial charge is 0.263 e. The number of carbonyl (C=O) groups is 3. The van der Waals surface area contributed by atoms with Gasteiger partial charge in [0, 0.05) is 0 Å². The van der Waals surface area contributed by atoms with Crippen LogP contribution < -0.4 is 15.0 Å². The third-order valence-corrected chi connectivity index (χ3v) is 4.88. The van der Waals surface area contributed by atoms with E-state index in [0.717, 1.165) is 22.6 Å². The minimum atomic E-state index is -1.04. The van der Waals surface area contributed by atoms with Crippen molar-refractivity contribution in [3.63, 3.8) is 0 Å². The summed E-state index contributed by atoms with van der Waals surface area (Å²) in [5.41, 5.74) is 1.65. The molecule has 0 saturated carbocycles. The summed E-state index contributed by atoms with van der Waals surface area (Å²) in [4.78, 5) is 39.0. The first-order valence-corrected chi connectivity index (χ1v) is 9.14. The molecule has 2 unspecified atom stereocenters. The highest BCUT2D eigenvalue weighted by atomic mass is 19.1. The lowest BCUT2D eigenvalue weighted by molar-refractivity contribution is -0.123. The van der Waals surface area contributed by atoms with Gasteiger partial charge >= 0.3 is 0 Å². The zero-order chi connectivity index (χ0) is 21.4. The standard InChI is InChI=1S/C20H18FN5O4/c1-11-3-8-15(30-2)14(9-11)22-16(27)10-25-18-17(23-24-25)19(28)26(20(18)29)13-6-4-12(21)5-7-13/h3-9,17-18H,10H2,1-2H3,(H,22,27). The third kappa shape index (κ3) is 3.36. The highest BCUT2D eigenvalue weighted by Crippen LogP contribution is 2.32. The molecule has 0 spiro atoms. The molecular formula is C20H18FN5O4. The second kappa shape index (κ2) is 7.54. The Morgan fingerprint density at radius 2 is 1.90 bits per heavy atom. The van der Waals surface area contributed by atoms with Gasteiger partial charge in [-0.15, -0.1) is 0 Å². The molecule has 0 radical (unpaired) electrons. The van der Waals surface area contributed by atoms with Gasteiger partial charge < -0.3 is 10.1 Å². The van der Waals surface area contributed by atoms with Crippen LogP contribution in [0.3, 0.4) is 0 Å². The molecule has 2 atom stereocenters. The largest absolute Gasteiger partial charge is 0.495 e. The fourth-order valence-electron chi connectivity index (χ4n) is 3.45. The molecule has 1 saturated heterocycles. The Labute approximate surface area is 171 Å². The number of ether oxygens (including phenoxy) is 1. The maximum atomic E-state index is 13.2. The van der Waals surface area contributed by atoms with Gasteiger partial charge in [-0.25, -0.2) is 9.29 Å². The van der Waals surface area contributed by atoms with E-state index >= 15 is 0 Å². The molecule has 2 aliphatic rings. The number of imide groups is 1. The maximum Gasteiger partial charge on any atom is 0.263 e. The number of hydrogen-bond acceptors (Lipinski definition) is 7. The van der Waals surface area contributed by atoms with E-state index in [1.807, 2.05) is 13.0 Å². The van der Waals surface area contributed by atoms with E-state index in [0.29, 0.717) is 11.4 Å². The lowest BCUT2D eigenvalue weighted by Gasteiger charge is -2.20. The van der Waals surface area contributed by atoms with Crippen LogP contribution in [-0.4, -0.2) is 48.5 Å². The summed E-state index contributed by atoms with van der Waals surface area (Å²) in [5, 5.41) is 11.6. The second-order valence-electron chi connectivity index (χ2n) is 6.93. The molecule has 0 aliphatic carbocycles. The summed E-state index contributed by atoms with van der Waals surface area (Å²) in [6, 6.07) is 8.27. The lowest BCUT2D eigenvalue weighted by Crippen LogP contribution is -2.43. The number of anilines is 2. The van der Waals surface area contributed by atoms with Crippen LogP contribution in [0, 0.1) is 12.7 Å². The second-order valence-corrected chi connectivity index (χ2v) is 6.93. The lowest BCUT2D eigenvalue weighted by atomic mass is 10.1. The predicted octanol–water partition coefficient (Wildman–Crippen LogP) is 2.07. The molecule has 2 aromatic rings. The maximum absolute atomic E-state index is 13.2. The van der Waals surface area contributed by atoms with E-state index in [1.165, 1.54) is 24.3 Å². The van der Waals surface area contributed by atoms with Gasteiger partial charge in [0.25, 0.3) is 11.8 Å². The van der Waals surface area contributed by atoms with Crippen molar-refractivity contribution >= 4 is 29.1 Å². The number of methoxy groups -OCH3 is 1. The number of aryl methyl sites for hydroxylation is 1. The number of nitrogens with one attached hydrogen (secondary N) is 1. The number of fused-ring (bicyclic) bond motifs is 1. The van der Waals surface area contributed by atoms with Crippen molar-refractivity contribution in [2.45, 2.75) is 19.0 Å². The molecule has 154 valence electrons. The Morgan fingerprint density at radius 1 is 1.17 bits per heavy atom. The average Bonchev–Trinajstić information content (AvgIpc) is 3.23. The molecule has 2 heterocycles. The fourth-order valence-corrected chi connectivity index (χ4v) is 3.45. The topological polar surface area (TPSA) is 104 Å². The van der Waals surface area contributed by atoms with Crippen LogP contribution >= 0.6 is 0 Å². The molecule has 1 fully saturated rings. The normalized spacial score (nSPS) is 20.0. The van der Waals surface area contributed by atoms with Gasteiger partial charge in [0.1, 0.15) is 18.1 Å². The first-order chi connectivity index (χ1) is 14.4. The van der Waals surface area contributed by atoms with Crippen molar-refractivity contribution in [1.29, 1.82) is 0 Å². The quantitative estimate of drug-likeness (QED) is 0.759. The van der Waals surface area contributed by atoms with Crippen LogP contribution in [0.25, 0.3) is 0 Å². The molecule has 2 aromatic carbocycles. The number of benzene rings is 2. The highest BCUT2D eigenvalue weighted by Gasteiger charge is 2.55. The van der Waals surface area contributed by atoms with Crippen LogP contribution in [0.4, 0.5) is 15.8 Å². The number of rotatable bonds is 5. The molecule has 10 heteroatoms. The van der Waals surface area contributed by atoms with Crippen LogP contribution in [0.5, 0.6) is 5.75 Å². The van der Waals surface area contributed by atoms with Gasteiger partial charge in [-0.05, 0) is 48.9 Å². The fraction of sp³-hybridized carbons (Fsp3) is 0.250. The number of hydrogen-bond donors (Lipinski definition) is 1. The Bertz CT molecular complexity index is 1060. The first kappa shape index (κ1) is 19.5. The molecule has 4 rings (SSSR count). The van der Waals surface area contributed by atoms with E-state index < -0.39 is 35.6 Å². The van der Waals surface area contributed by atoms with Crippen molar-refractivity contribution in [3.8, 4) is 5.75 Å². The van der Waals surface area contributed by atoms with Crippen LogP contribution in [-0.2, 0) is 14.4 Å². The zero-order valence-electron chi connectivity index (χ0n) is 16.2. The SMILES string of the molecule is COc1ccc(C)cc1NC(=O)CN1N=NC2C(=O)N(c3ccc(F)cc3)C(=O)C21. The Hall–Kier alpha value is -3.82. The van der Waals surface area contributed by atoms with Crippen molar-refractivity contribution in [2.24, 2.45) is 10.3 Å². The summed E-state index contributed by atoms with van der Waals surface area (Å²) >= 11 is 0. The van der Waals surface area contributed by atoms with E-state index in [-0.39, 0.29) is 12.2 Å². The summed E-state index contributed by atoms with van der Waals surface area (Å²) < 4.78 is 18.4. The molecule has 0 aromatic heterocycles. The van der Waals surface area contributed by atoms with Crippen LogP contribution in [0.2, 0.25) is 0 Å². The third-order valence-electron chi connectivity index (χ3n) is 4.88. The monoisotopic (exact) mass is 411 g/mol. The Kier molecular flexibility index (Phi) is 4.90. The Morgan fingerprint density at radius 3 is 2.60 bits per heavy atom. The molecule has 3 amide bonds. The zero-order valence-corrected chi connectivity index (χ0v) is 16.2. The predicted molar refractivity (Wildman–Crippen MR) is 104 cm³/mol. The van der Waals surface area contributed by atoms with E-state index in [1.54, 1.807) is 12.1 Å². The Balaban J connectivity index is 1.49. The van der Waals surface area contributed by atoms with Crippen molar-refractivity contribution in [2.75, 3.05) is 23.9 Å². The summed E-state index contributed by atoms with van der Waals surface area (Å²) in [6.45, 7) is 1.60. The van der Waals surface area contributed by atoms with Crippen LogP contribution in [0.1, 0.15) is 5.56 Å². The van der Waals surface area contributed by atoms with Crippen LogP contribution in [0.15, 0.2) is 52.8 Å². The number of halogens is 1. The van der Waals surface area contributed by atoms with Gasteiger partial charge in [-0.2, -0.15) is 5.11 Å².